The number of para-hydroxylation sites is 2. The highest BCUT2D eigenvalue weighted by Crippen LogP contribution is 2.46. The minimum atomic E-state index is -3.89. The maximum atomic E-state index is 14.6. The molecule has 0 unspecified atom stereocenters. The summed E-state index contributed by atoms with van der Waals surface area (Å²) in [5.41, 5.74) is 0.344. The van der Waals surface area contributed by atoms with Gasteiger partial charge in [-0.25, -0.2) is 18.4 Å². The second-order valence-corrected chi connectivity index (χ2v) is 18.2. The van der Waals surface area contributed by atoms with E-state index < -0.39 is 62.6 Å². The lowest BCUT2D eigenvalue weighted by Crippen LogP contribution is -2.58. The van der Waals surface area contributed by atoms with Gasteiger partial charge in [0.25, 0.3) is 11.8 Å². The van der Waals surface area contributed by atoms with Gasteiger partial charge in [0.1, 0.15) is 29.4 Å². The van der Waals surface area contributed by atoms with E-state index in [4.69, 9.17) is 14.7 Å². The van der Waals surface area contributed by atoms with Crippen molar-refractivity contribution in [1.82, 2.24) is 30.2 Å². The van der Waals surface area contributed by atoms with E-state index in [1.165, 1.54) is 27.6 Å². The molecule has 5 atom stereocenters. The summed E-state index contributed by atoms with van der Waals surface area (Å²) in [6.07, 6.45) is 7.70. The zero-order valence-corrected chi connectivity index (χ0v) is 31.8. The summed E-state index contributed by atoms with van der Waals surface area (Å²) in [5.74, 6) is -2.36. The van der Waals surface area contributed by atoms with Gasteiger partial charge in [-0.05, 0) is 73.6 Å². The van der Waals surface area contributed by atoms with Crippen molar-refractivity contribution in [1.29, 1.82) is 0 Å². The molecule has 0 radical (unpaired) electrons. The quantitative estimate of drug-likeness (QED) is 0.216. The van der Waals surface area contributed by atoms with Crippen LogP contribution in [0.2, 0.25) is 0 Å². The molecule has 3 aromatic heterocycles. The van der Waals surface area contributed by atoms with Crippen LogP contribution in [0.5, 0.6) is 5.88 Å². The topological polar surface area (TPSA) is 177 Å². The highest BCUT2D eigenvalue weighted by atomic mass is 32.2. The molecule has 4 aromatic rings. The molecule has 0 bridgehead atoms. The van der Waals surface area contributed by atoms with Crippen LogP contribution in [0.1, 0.15) is 67.5 Å². The summed E-state index contributed by atoms with van der Waals surface area (Å²) in [5, 5.41) is 8.93. The third kappa shape index (κ3) is 7.51. The predicted octanol–water partition coefficient (Wildman–Crippen LogP) is 4.57. The number of fused-ring (bicyclic) bond motifs is 3. The number of rotatable bonds is 8. The van der Waals surface area contributed by atoms with E-state index in [1.54, 1.807) is 17.5 Å². The monoisotopic (exact) mass is 788 g/mol. The number of hydrogen-bond acceptors (Lipinski definition) is 11. The molecule has 13 nitrogen and oxygen atoms in total. The van der Waals surface area contributed by atoms with Gasteiger partial charge in [0.2, 0.25) is 27.7 Å². The molecule has 4 aliphatic rings. The minimum absolute atomic E-state index is 0.000727. The zero-order chi connectivity index (χ0) is 37.5. The molecule has 3 fully saturated rings. The van der Waals surface area contributed by atoms with Crippen molar-refractivity contribution in [3.05, 3.63) is 76.3 Å². The number of thiophene rings is 2. The van der Waals surface area contributed by atoms with E-state index in [1.807, 2.05) is 53.9 Å². The third-order valence-electron chi connectivity index (χ3n) is 10.5. The first kappa shape index (κ1) is 36.3. The second-order valence-electron chi connectivity index (χ2n) is 14.3. The second kappa shape index (κ2) is 14.9. The minimum Gasteiger partial charge on any atom is -0.471 e. The molecule has 2 aliphatic heterocycles. The SMILES string of the molecule is O=C(N[C@H]1CCCCC/C=C\[C@@H]2C[C@@]2(C(=O)NS(=O)(=O)C2CC2)NC(=O)[C@@H]2C[C@@H](Oc3nc4ccccc4nc3-c3cccs3)CN2C1=O)c1cccs1. The van der Waals surface area contributed by atoms with Crippen molar-refractivity contribution in [2.24, 2.45) is 5.92 Å². The largest absolute Gasteiger partial charge is 0.471 e. The number of benzene rings is 1. The summed E-state index contributed by atoms with van der Waals surface area (Å²) in [4.78, 5) is 68.5. The predicted molar refractivity (Wildman–Crippen MR) is 204 cm³/mol. The lowest BCUT2D eigenvalue weighted by Gasteiger charge is -2.29. The first-order valence-corrected chi connectivity index (χ1v) is 21.6. The molecular weight excluding hydrogens is 749 g/mol. The standard InChI is InChI=1S/C38H40N6O7S3/c45-33-29-20-24(51-35-32(30-14-8-18-52-30)39-26-11-6-7-12-27(26)41-35)22-44(29)36(47)28(40-34(46)31-15-9-19-53-31)13-5-3-1-2-4-10-23-21-38(23,42-33)37(48)43-54(49,50)25-16-17-25/h4,6-12,14-15,18-19,23-25,28-29H,1-3,5,13,16-17,20-22H2,(H,40,46)(H,42,45)(H,43,48)/b10-4-/t23-,24-,28+,29+,38-/m1/s1. The van der Waals surface area contributed by atoms with Crippen molar-refractivity contribution in [3.63, 3.8) is 0 Å². The number of nitrogens with one attached hydrogen (secondary N) is 3. The van der Waals surface area contributed by atoms with Gasteiger partial charge < -0.3 is 20.3 Å². The maximum Gasteiger partial charge on any atom is 0.261 e. The first-order chi connectivity index (χ1) is 26.1. The van der Waals surface area contributed by atoms with Crippen LogP contribution in [0, 0.1) is 5.92 Å². The van der Waals surface area contributed by atoms with E-state index in [0.29, 0.717) is 53.7 Å². The molecule has 4 amide bonds. The van der Waals surface area contributed by atoms with Gasteiger partial charge in [-0.15, -0.1) is 22.7 Å². The van der Waals surface area contributed by atoms with E-state index in [0.717, 1.165) is 17.7 Å². The van der Waals surface area contributed by atoms with Crippen molar-refractivity contribution >= 4 is 67.4 Å². The molecule has 282 valence electrons. The average Bonchev–Trinajstić information content (AvgIpc) is 3.87. The van der Waals surface area contributed by atoms with Crippen LogP contribution in [0.25, 0.3) is 21.6 Å². The fourth-order valence-electron chi connectivity index (χ4n) is 7.28. The molecule has 8 rings (SSSR count). The summed E-state index contributed by atoms with van der Waals surface area (Å²) >= 11 is 2.75. The van der Waals surface area contributed by atoms with Crippen LogP contribution in [0.3, 0.4) is 0 Å². The maximum absolute atomic E-state index is 14.6. The van der Waals surface area contributed by atoms with Crippen LogP contribution < -0.4 is 20.1 Å². The smallest absolute Gasteiger partial charge is 0.261 e. The van der Waals surface area contributed by atoms with Gasteiger partial charge in [0.15, 0.2) is 0 Å². The number of allylic oxidation sites excluding steroid dienone is 1. The van der Waals surface area contributed by atoms with E-state index in [2.05, 4.69) is 15.4 Å². The van der Waals surface area contributed by atoms with Crippen LogP contribution >= 0.6 is 22.7 Å². The number of nitrogens with zero attached hydrogens (tertiary/aromatic N) is 3. The Morgan fingerprint density at radius 3 is 2.46 bits per heavy atom. The summed E-state index contributed by atoms with van der Waals surface area (Å²) in [6.45, 7) is -0.000727. The Labute approximate surface area is 320 Å². The van der Waals surface area contributed by atoms with Crippen LogP contribution in [0.15, 0.2) is 71.4 Å². The summed E-state index contributed by atoms with van der Waals surface area (Å²) < 4.78 is 34.5. The fourth-order valence-corrected chi connectivity index (χ4v) is 9.98. The normalized spacial score (nSPS) is 26.8. The Kier molecular flexibility index (Phi) is 10.00. The summed E-state index contributed by atoms with van der Waals surface area (Å²) in [7, 11) is -3.89. The number of hydrogen-bond donors (Lipinski definition) is 3. The van der Waals surface area contributed by atoms with Gasteiger partial charge in [0, 0.05) is 12.3 Å². The van der Waals surface area contributed by atoms with Crippen molar-refractivity contribution in [2.45, 2.75) is 86.8 Å². The Morgan fingerprint density at radius 1 is 0.944 bits per heavy atom. The highest BCUT2D eigenvalue weighted by Gasteiger charge is 2.62. The van der Waals surface area contributed by atoms with Gasteiger partial charge in [-0.2, -0.15) is 0 Å². The molecule has 2 aliphatic carbocycles. The summed E-state index contributed by atoms with van der Waals surface area (Å²) in [6, 6.07) is 12.7. The number of sulfonamides is 1. The van der Waals surface area contributed by atoms with Gasteiger partial charge >= 0.3 is 0 Å². The van der Waals surface area contributed by atoms with E-state index in [-0.39, 0.29) is 31.2 Å². The molecule has 2 saturated carbocycles. The van der Waals surface area contributed by atoms with Gasteiger partial charge in [-0.1, -0.05) is 49.3 Å². The zero-order valence-electron chi connectivity index (χ0n) is 29.3. The first-order valence-electron chi connectivity index (χ1n) is 18.3. The molecule has 5 heterocycles. The Hall–Kier alpha value is -4.67. The Morgan fingerprint density at radius 2 is 1.72 bits per heavy atom. The van der Waals surface area contributed by atoms with Crippen LogP contribution in [0.4, 0.5) is 0 Å². The van der Waals surface area contributed by atoms with Crippen molar-refractivity contribution in [3.8, 4) is 16.5 Å². The Balaban J connectivity index is 1.12. The number of aromatic nitrogens is 2. The third-order valence-corrected chi connectivity index (χ3v) is 14.0. The van der Waals surface area contributed by atoms with Gasteiger partial charge in [-0.3, -0.25) is 23.9 Å². The molecule has 16 heteroatoms. The molecule has 3 N–H and O–H groups in total. The Bertz CT molecular complexity index is 2210. The number of ether oxygens (including phenoxy) is 1. The van der Waals surface area contributed by atoms with Gasteiger partial charge in [0.05, 0.1) is 32.6 Å². The highest BCUT2D eigenvalue weighted by molar-refractivity contribution is 7.91. The molecule has 1 saturated heterocycles. The number of carbonyl (C=O) groups excluding carboxylic acids is 4. The van der Waals surface area contributed by atoms with Crippen molar-refractivity contribution in [2.75, 3.05) is 6.54 Å². The molecule has 0 spiro atoms. The van der Waals surface area contributed by atoms with E-state index in [9.17, 15) is 27.6 Å². The average molecular weight is 789 g/mol. The van der Waals surface area contributed by atoms with Crippen LogP contribution in [-0.4, -0.2) is 82.4 Å². The lowest BCUT2D eigenvalue weighted by molar-refractivity contribution is -0.141. The molecule has 1 aromatic carbocycles. The fraction of sp³-hybridized carbons (Fsp3) is 0.421. The van der Waals surface area contributed by atoms with Crippen LogP contribution in [-0.2, 0) is 24.4 Å². The van der Waals surface area contributed by atoms with Crippen molar-refractivity contribution < 1.29 is 32.3 Å². The molecule has 54 heavy (non-hydrogen) atoms. The lowest BCUT2D eigenvalue weighted by atomic mass is 10.0. The number of amides is 4. The van der Waals surface area contributed by atoms with E-state index >= 15 is 0 Å². The molecular formula is C38H40N6O7S3. The number of carbonyl (C=O) groups is 4.